The van der Waals surface area contributed by atoms with Crippen molar-refractivity contribution in [3.05, 3.63) is 0 Å². The van der Waals surface area contributed by atoms with Gasteiger partial charge in [-0.05, 0) is 18.8 Å². The Morgan fingerprint density at radius 3 is 1.65 bits per heavy atom. The van der Waals surface area contributed by atoms with E-state index in [1.807, 2.05) is 13.8 Å². The van der Waals surface area contributed by atoms with Crippen molar-refractivity contribution in [1.29, 1.82) is 0 Å². The topological polar surface area (TPSA) is 95.1 Å². The van der Waals surface area contributed by atoms with Gasteiger partial charge in [0.2, 0.25) is 11.8 Å². The van der Waals surface area contributed by atoms with Gasteiger partial charge in [0.1, 0.15) is 0 Å². The maximum absolute atomic E-state index is 11.5. The van der Waals surface area contributed by atoms with E-state index in [1.54, 1.807) is 0 Å². The monoisotopic (exact) mass is 448 g/mol. The van der Waals surface area contributed by atoms with E-state index in [-0.39, 0.29) is 11.8 Å². The molecule has 0 aliphatic carbocycles. The van der Waals surface area contributed by atoms with Crippen LogP contribution in [-0.4, -0.2) is 77.8 Å². The third kappa shape index (κ3) is 28.8. The van der Waals surface area contributed by atoms with Crippen LogP contribution in [0.15, 0.2) is 0 Å². The van der Waals surface area contributed by atoms with E-state index in [2.05, 4.69) is 31.4 Å². The second-order valence-corrected chi connectivity index (χ2v) is 7.19. The first-order valence-corrected chi connectivity index (χ1v) is 11.9. The SMILES string of the molecule is CC.CCCCNC(=O)CCOCCOCCOCCOCCNC(=O)CCC(C)C. The molecule has 0 rings (SSSR count). The lowest BCUT2D eigenvalue weighted by atomic mass is 10.1. The van der Waals surface area contributed by atoms with Crippen molar-refractivity contribution < 1.29 is 28.5 Å². The highest BCUT2D eigenvalue weighted by Gasteiger charge is 2.02. The number of hydrogen-bond acceptors (Lipinski definition) is 6. The Morgan fingerprint density at radius 1 is 0.677 bits per heavy atom. The standard InChI is InChI=1S/C21H42N2O6.C2H6/c1-4-5-9-22-21(25)8-11-26-13-15-28-17-18-29-16-14-27-12-10-23-20(24)7-6-19(2)3;1-2/h19H,4-18H2,1-3H3,(H,22,25)(H,23,24);1-2H3. The predicted octanol–water partition coefficient (Wildman–Crippen LogP) is 2.94. The zero-order chi connectivity index (χ0) is 23.6. The predicted molar refractivity (Wildman–Crippen MR) is 124 cm³/mol. The van der Waals surface area contributed by atoms with Gasteiger partial charge in [-0.25, -0.2) is 0 Å². The van der Waals surface area contributed by atoms with Gasteiger partial charge in [0.25, 0.3) is 0 Å². The lowest BCUT2D eigenvalue weighted by molar-refractivity contribution is -0.122. The molecule has 0 bridgehead atoms. The Morgan fingerprint density at radius 2 is 1.13 bits per heavy atom. The third-order valence-electron chi connectivity index (χ3n) is 3.96. The van der Waals surface area contributed by atoms with Gasteiger partial charge in [-0.15, -0.1) is 0 Å². The first-order valence-electron chi connectivity index (χ1n) is 11.9. The number of ether oxygens (including phenoxy) is 4. The molecule has 8 heteroatoms. The molecule has 0 atom stereocenters. The van der Waals surface area contributed by atoms with E-state index >= 15 is 0 Å². The van der Waals surface area contributed by atoms with Crippen molar-refractivity contribution in [2.75, 3.05) is 65.9 Å². The lowest BCUT2D eigenvalue weighted by Crippen LogP contribution is -2.27. The largest absolute Gasteiger partial charge is 0.379 e. The highest BCUT2D eigenvalue weighted by atomic mass is 16.6. The number of rotatable bonds is 21. The Bertz CT molecular complexity index is 394. The lowest BCUT2D eigenvalue weighted by Gasteiger charge is -2.09. The molecule has 2 amide bonds. The van der Waals surface area contributed by atoms with E-state index in [0.29, 0.717) is 78.2 Å². The Hall–Kier alpha value is -1.22. The molecule has 0 spiro atoms. The number of hydrogen-bond donors (Lipinski definition) is 2. The Labute approximate surface area is 190 Å². The molecule has 0 unspecified atom stereocenters. The molecular weight excluding hydrogens is 400 g/mol. The molecular formula is C23H48N2O6. The van der Waals surface area contributed by atoms with E-state index in [1.165, 1.54) is 0 Å². The van der Waals surface area contributed by atoms with Crippen LogP contribution in [0.4, 0.5) is 0 Å². The molecule has 8 nitrogen and oxygen atoms in total. The smallest absolute Gasteiger partial charge is 0.222 e. The molecule has 0 fully saturated rings. The summed E-state index contributed by atoms with van der Waals surface area (Å²) in [7, 11) is 0. The zero-order valence-corrected chi connectivity index (χ0v) is 20.6. The van der Waals surface area contributed by atoms with Crippen molar-refractivity contribution >= 4 is 11.8 Å². The van der Waals surface area contributed by atoms with Crippen LogP contribution < -0.4 is 10.6 Å². The molecule has 0 heterocycles. The third-order valence-corrected chi connectivity index (χ3v) is 3.96. The van der Waals surface area contributed by atoms with Crippen LogP contribution in [0, 0.1) is 5.92 Å². The average molecular weight is 449 g/mol. The molecule has 0 aliphatic heterocycles. The summed E-state index contributed by atoms with van der Waals surface area (Å²) < 4.78 is 21.6. The van der Waals surface area contributed by atoms with Crippen LogP contribution >= 0.6 is 0 Å². The molecule has 0 aromatic heterocycles. The van der Waals surface area contributed by atoms with Crippen LogP contribution in [0.3, 0.4) is 0 Å². The minimum atomic E-state index is 0.0310. The molecule has 186 valence electrons. The minimum Gasteiger partial charge on any atom is -0.379 e. The number of nitrogens with one attached hydrogen (secondary N) is 2. The quantitative estimate of drug-likeness (QED) is 0.262. The summed E-state index contributed by atoms with van der Waals surface area (Å²) in [6.07, 6.45) is 3.94. The molecule has 0 saturated carbocycles. The molecule has 0 aromatic rings. The molecule has 0 aromatic carbocycles. The van der Waals surface area contributed by atoms with Crippen molar-refractivity contribution in [3.63, 3.8) is 0 Å². The second kappa shape index (κ2) is 26.8. The van der Waals surface area contributed by atoms with Gasteiger partial charge in [0.05, 0.1) is 52.9 Å². The number of carbonyl (C=O) groups is 2. The van der Waals surface area contributed by atoms with Crippen LogP contribution in [0.25, 0.3) is 0 Å². The fourth-order valence-electron chi connectivity index (χ4n) is 2.19. The second-order valence-electron chi connectivity index (χ2n) is 7.19. The van der Waals surface area contributed by atoms with Crippen molar-refractivity contribution in [2.45, 2.75) is 66.7 Å². The summed E-state index contributed by atoms with van der Waals surface area (Å²) in [5, 5.41) is 5.68. The van der Waals surface area contributed by atoms with Gasteiger partial charge >= 0.3 is 0 Å². The summed E-state index contributed by atoms with van der Waals surface area (Å²) in [5.74, 6) is 0.650. The van der Waals surface area contributed by atoms with Gasteiger partial charge in [-0.2, -0.15) is 0 Å². The van der Waals surface area contributed by atoms with Crippen molar-refractivity contribution in [1.82, 2.24) is 10.6 Å². The van der Waals surface area contributed by atoms with E-state index in [9.17, 15) is 9.59 Å². The molecule has 0 radical (unpaired) electrons. The van der Waals surface area contributed by atoms with Crippen molar-refractivity contribution in [3.8, 4) is 0 Å². The number of carbonyl (C=O) groups excluding carboxylic acids is 2. The summed E-state index contributed by atoms with van der Waals surface area (Å²) in [5.41, 5.74) is 0. The van der Waals surface area contributed by atoms with Gasteiger partial charge in [0.15, 0.2) is 0 Å². The van der Waals surface area contributed by atoms with Crippen LogP contribution in [0.5, 0.6) is 0 Å². The zero-order valence-electron chi connectivity index (χ0n) is 20.6. The molecule has 2 N–H and O–H groups in total. The van der Waals surface area contributed by atoms with Gasteiger partial charge in [-0.3, -0.25) is 9.59 Å². The maximum Gasteiger partial charge on any atom is 0.222 e. The average Bonchev–Trinajstić information content (AvgIpc) is 2.76. The van der Waals surface area contributed by atoms with E-state index in [4.69, 9.17) is 18.9 Å². The number of amides is 2. The number of unbranched alkanes of at least 4 members (excludes halogenated alkanes) is 1. The van der Waals surface area contributed by atoms with Crippen LogP contribution in [0.2, 0.25) is 0 Å². The Balaban J connectivity index is 0. The first kappa shape index (κ1) is 32.0. The van der Waals surface area contributed by atoms with Crippen LogP contribution in [-0.2, 0) is 28.5 Å². The van der Waals surface area contributed by atoms with Crippen LogP contribution in [0.1, 0.15) is 66.7 Å². The molecule has 31 heavy (non-hydrogen) atoms. The van der Waals surface area contributed by atoms with Crippen molar-refractivity contribution in [2.24, 2.45) is 5.92 Å². The maximum atomic E-state index is 11.5. The molecule has 0 saturated heterocycles. The highest BCUT2D eigenvalue weighted by molar-refractivity contribution is 5.76. The summed E-state index contributed by atoms with van der Waals surface area (Å²) in [6.45, 7) is 15.4. The normalized spacial score (nSPS) is 10.5. The Kier molecular flexibility index (Phi) is 27.6. The first-order chi connectivity index (χ1) is 15.1. The summed E-state index contributed by atoms with van der Waals surface area (Å²) in [4.78, 5) is 23.0. The highest BCUT2D eigenvalue weighted by Crippen LogP contribution is 2.02. The van der Waals surface area contributed by atoms with Gasteiger partial charge < -0.3 is 29.6 Å². The van der Waals surface area contributed by atoms with Gasteiger partial charge in [0, 0.05) is 25.9 Å². The van der Waals surface area contributed by atoms with E-state index in [0.717, 1.165) is 25.8 Å². The fourth-order valence-corrected chi connectivity index (χ4v) is 2.19. The van der Waals surface area contributed by atoms with Gasteiger partial charge in [-0.1, -0.05) is 41.0 Å². The fraction of sp³-hybridized carbons (Fsp3) is 0.913. The molecule has 0 aliphatic rings. The summed E-state index contributed by atoms with van der Waals surface area (Å²) >= 11 is 0. The van der Waals surface area contributed by atoms with E-state index < -0.39 is 0 Å². The summed E-state index contributed by atoms with van der Waals surface area (Å²) in [6, 6.07) is 0. The minimum absolute atomic E-state index is 0.0310.